The van der Waals surface area contributed by atoms with Gasteiger partial charge in [0.25, 0.3) is 5.91 Å². The van der Waals surface area contributed by atoms with Gasteiger partial charge in [-0.05, 0) is 17.3 Å². The second kappa shape index (κ2) is 5.67. The summed E-state index contributed by atoms with van der Waals surface area (Å²) >= 11 is 0. The Morgan fingerprint density at radius 1 is 1.35 bits per heavy atom. The number of nitrogens with one attached hydrogen (secondary N) is 2. The molecule has 2 aliphatic rings. The first kappa shape index (κ1) is 17.3. The molecule has 1 unspecified atom stereocenters. The van der Waals surface area contributed by atoms with Crippen molar-refractivity contribution in [2.75, 3.05) is 18.5 Å². The molecular formula is C19H27N5O2. The molecule has 1 aliphatic carbocycles. The van der Waals surface area contributed by atoms with Gasteiger partial charge in [0.2, 0.25) is 0 Å². The average Bonchev–Trinajstić information content (AvgIpc) is 3.14. The van der Waals surface area contributed by atoms with Gasteiger partial charge in [-0.25, -0.2) is 0 Å². The minimum atomic E-state index is -0.174. The van der Waals surface area contributed by atoms with E-state index in [0.717, 1.165) is 24.4 Å². The van der Waals surface area contributed by atoms with Crippen LogP contribution in [0.3, 0.4) is 0 Å². The molecule has 2 N–H and O–H groups in total. The fourth-order valence-corrected chi connectivity index (χ4v) is 4.44. The molecule has 7 nitrogen and oxygen atoms in total. The lowest BCUT2D eigenvalue weighted by atomic mass is 10.0. The van der Waals surface area contributed by atoms with Gasteiger partial charge in [-0.2, -0.15) is 10.2 Å². The normalized spacial score (nSPS) is 24.0. The van der Waals surface area contributed by atoms with Gasteiger partial charge in [0, 0.05) is 43.4 Å². The maximum absolute atomic E-state index is 12.8. The molecule has 1 aliphatic heterocycles. The van der Waals surface area contributed by atoms with Crippen LogP contribution in [0.5, 0.6) is 0 Å². The van der Waals surface area contributed by atoms with Gasteiger partial charge >= 0.3 is 0 Å². The van der Waals surface area contributed by atoms with E-state index in [1.807, 2.05) is 13.1 Å². The van der Waals surface area contributed by atoms with Crippen molar-refractivity contribution in [1.29, 1.82) is 0 Å². The van der Waals surface area contributed by atoms with Gasteiger partial charge < -0.3 is 10.1 Å². The standard InChI is InChI=1S/C19H27N5O2/c1-18(2)16(19(18,3)4)13-8-14(22-21-13)20-17(25)12-9-24(5)23-15(12)11-6-7-26-10-11/h8-9,11,16H,6-7,10H2,1-5H3,(H2,20,21,22,25). The molecule has 140 valence electrons. The molecule has 7 heteroatoms. The molecule has 1 saturated carbocycles. The Morgan fingerprint density at radius 2 is 2.08 bits per heavy atom. The van der Waals surface area contributed by atoms with Crippen molar-refractivity contribution in [3.05, 3.63) is 29.2 Å². The Hall–Kier alpha value is -2.15. The molecule has 0 bridgehead atoms. The van der Waals surface area contributed by atoms with Gasteiger partial charge in [0.05, 0.1) is 17.9 Å². The van der Waals surface area contributed by atoms with E-state index >= 15 is 0 Å². The number of ether oxygens (including phenoxy) is 1. The van der Waals surface area contributed by atoms with Crippen LogP contribution in [0.15, 0.2) is 12.3 Å². The lowest BCUT2D eigenvalue weighted by Gasteiger charge is -2.06. The van der Waals surface area contributed by atoms with Gasteiger partial charge in [0.1, 0.15) is 0 Å². The number of aryl methyl sites for hydroxylation is 1. The van der Waals surface area contributed by atoms with Crippen molar-refractivity contribution in [1.82, 2.24) is 20.0 Å². The van der Waals surface area contributed by atoms with E-state index in [-0.39, 0.29) is 22.7 Å². The maximum Gasteiger partial charge on any atom is 0.260 e. The molecule has 4 rings (SSSR count). The first-order valence-electron chi connectivity index (χ1n) is 9.19. The number of carbonyl (C=O) groups excluding carboxylic acids is 1. The fourth-order valence-electron chi connectivity index (χ4n) is 4.44. The summed E-state index contributed by atoms with van der Waals surface area (Å²) < 4.78 is 7.14. The largest absolute Gasteiger partial charge is 0.381 e. The third-order valence-electron chi connectivity index (χ3n) is 6.59. The highest BCUT2D eigenvalue weighted by Crippen LogP contribution is 2.73. The van der Waals surface area contributed by atoms with Gasteiger partial charge in [-0.1, -0.05) is 27.7 Å². The Labute approximate surface area is 153 Å². The molecule has 1 atom stereocenters. The number of aromatic nitrogens is 4. The molecule has 0 aromatic carbocycles. The molecule has 0 radical (unpaired) electrons. The van der Waals surface area contributed by atoms with Crippen molar-refractivity contribution in [2.45, 2.75) is 46.0 Å². The lowest BCUT2D eigenvalue weighted by Crippen LogP contribution is -2.15. The van der Waals surface area contributed by atoms with Crippen molar-refractivity contribution in [2.24, 2.45) is 17.9 Å². The zero-order chi connectivity index (χ0) is 18.7. The first-order chi connectivity index (χ1) is 12.2. The summed E-state index contributed by atoms with van der Waals surface area (Å²) in [5.41, 5.74) is 2.92. The second-order valence-corrected chi connectivity index (χ2v) is 8.70. The van der Waals surface area contributed by atoms with E-state index in [0.29, 0.717) is 23.9 Å². The predicted molar refractivity (Wildman–Crippen MR) is 98.2 cm³/mol. The smallest absolute Gasteiger partial charge is 0.260 e. The number of hydrogen-bond acceptors (Lipinski definition) is 4. The number of anilines is 1. The average molecular weight is 357 g/mol. The van der Waals surface area contributed by atoms with Crippen LogP contribution in [-0.2, 0) is 11.8 Å². The van der Waals surface area contributed by atoms with Crippen molar-refractivity contribution < 1.29 is 9.53 Å². The molecular weight excluding hydrogens is 330 g/mol. The molecule has 2 aromatic heterocycles. The van der Waals surface area contributed by atoms with Gasteiger partial charge in [-0.15, -0.1) is 0 Å². The van der Waals surface area contributed by atoms with E-state index in [2.05, 4.69) is 48.3 Å². The molecule has 3 heterocycles. The molecule has 2 fully saturated rings. The Bertz CT molecular complexity index is 828. The summed E-state index contributed by atoms with van der Waals surface area (Å²) in [6.45, 7) is 10.4. The molecule has 1 amide bonds. The minimum Gasteiger partial charge on any atom is -0.381 e. The monoisotopic (exact) mass is 357 g/mol. The lowest BCUT2D eigenvalue weighted by molar-refractivity contribution is 0.102. The number of hydrogen-bond donors (Lipinski definition) is 2. The van der Waals surface area contributed by atoms with Crippen molar-refractivity contribution in [3.8, 4) is 0 Å². The third-order valence-corrected chi connectivity index (χ3v) is 6.59. The summed E-state index contributed by atoms with van der Waals surface area (Å²) in [7, 11) is 1.83. The zero-order valence-corrected chi connectivity index (χ0v) is 16.1. The number of H-pyrrole nitrogens is 1. The van der Waals surface area contributed by atoms with Crippen LogP contribution >= 0.6 is 0 Å². The highest BCUT2D eigenvalue weighted by atomic mass is 16.5. The highest BCUT2D eigenvalue weighted by molar-refractivity contribution is 6.04. The van der Waals surface area contributed by atoms with Gasteiger partial charge in [-0.3, -0.25) is 14.6 Å². The van der Waals surface area contributed by atoms with Gasteiger partial charge in [0.15, 0.2) is 5.82 Å². The van der Waals surface area contributed by atoms with Crippen LogP contribution in [0.4, 0.5) is 5.82 Å². The van der Waals surface area contributed by atoms with Crippen LogP contribution in [0.2, 0.25) is 0 Å². The SMILES string of the molecule is Cn1cc(C(=O)Nc2cc(C3C(C)(C)C3(C)C)[nH]n2)c(C2CCOC2)n1. The summed E-state index contributed by atoms with van der Waals surface area (Å²) in [5, 5.41) is 14.8. The van der Waals surface area contributed by atoms with Crippen LogP contribution < -0.4 is 5.32 Å². The molecule has 1 saturated heterocycles. The Balaban J connectivity index is 1.52. The maximum atomic E-state index is 12.8. The highest BCUT2D eigenvalue weighted by Gasteiger charge is 2.65. The second-order valence-electron chi connectivity index (χ2n) is 8.70. The molecule has 0 spiro atoms. The fraction of sp³-hybridized carbons (Fsp3) is 0.632. The van der Waals surface area contributed by atoms with E-state index in [4.69, 9.17) is 4.74 Å². The predicted octanol–water partition coefficient (Wildman–Crippen LogP) is 3.05. The molecule has 26 heavy (non-hydrogen) atoms. The minimum absolute atomic E-state index is 0.174. The summed E-state index contributed by atoms with van der Waals surface area (Å²) in [4.78, 5) is 12.8. The van der Waals surface area contributed by atoms with E-state index < -0.39 is 0 Å². The number of carbonyl (C=O) groups is 1. The van der Waals surface area contributed by atoms with E-state index in [1.54, 1.807) is 10.9 Å². The van der Waals surface area contributed by atoms with Crippen molar-refractivity contribution >= 4 is 11.7 Å². The summed E-state index contributed by atoms with van der Waals surface area (Å²) in [5.74, 6) is 0.978. The molecule has 2 aromatic rings. The number of aromatic amines is 1. The third kappa shape index (κ3) is 2.57. The summed E-state index contributed by atoms with van der Waals surface area (Å²) in [6, 6.07) is 1.95. The zero-order valence-electron chi connectivity index (χ0n) is 16.1. The van der Waals surface area contributed by atoms with E-state index in [1.165, 1.54) is 0 Å². The quantitative estimate of drug-likeness (QED) is 0.881. The van der Waals surface area contributed by atoms with Crippen LogP contribution in [-0.4, -0.2) is 39.1 Å². The number of amides is 1. The van der Waals surface area contributed by atoms with Crippen LogP contribution in [0.25, 0.3) is 0 Å². The Kier molecular flexibility index (Phi) is 3.77. The van der Waals surface area contributed by atoms with Crippen LogP contribution in [0, 0.1) is 10.8 Å². The van der Waals surface area contributed by atoms with Crippen LogP contribution in [0.1, 0.15) is 67.7 Å². The van der Waals surface area contributed by atoms with E-state index in [9.17, 15) is 4.79 Å². The number of rotatable bonds is 4. The summed E-state index contributed by atoms with van der Waals surface area (Å²) in [6.07, 6.45) is 2.67. The topological polar surface area (TPSA) is 84.8 Å². The number of nitrogens with zero attached hydrogens (tertiary/aromatic N) is 3. The first-order valence-corrected chi connectivity index (χ1v) is 9.19. The Morgan fingerprint density at radius 3 is 2.69 bits per heavy atom. The van der Waals surface area contributed by atoms with Crippen molar-refractivity contribution in [3.63, 3.8) is 0 Å².